The Kier molecular flexibility index (Phi) is 4.24. The van der Waals surface area contributed by atoms with Crippen molar-refractivity contribution in [1.29, 1.82) is 0 Å². The third-order valence-corrected chi connectivity index (χ3v) is 4.67. The van der Waals surface area contributed by atoms with Gasteiger partial charge in [0.1, 0.15) is 11.3 Å². The largest absolute Gasteiger partial charge is 0.497 e. The van der Waals surface area contributed by atoms with Crippen LogP contribution >= 0.6 is 11.8 Å². The first-order valence-corrected chi connectivity index (χ1v) is 7.27. The monoisotopic (exact) mass is 281 g/mol. The lowest BCUT2D eigenvalue weighted by Gasteiger charge is -2.28. The lowest BCUT2D eigenvalue weighted by molar-refractivity contribution is -0.145. The Balaban J connectivity index is 2.23. The molecule has 1 N–H and O–H groups in total. The van der Waals surface area contributed by atoms with Crippen LogP contribution in [0.25, 0.3) is 0 Å². The van der Waals surface area contributed by atoms with Crippen molar-refractivity contribution in [1.82, 2.24) is 0 Å². The van der Waals surface area contributed by atoms with Crippen LogP contribution in [0.4, 0.5) is 5.69 Å². The lowest BCUT2D eigenvalue weighted by Crippen LogP contribution is -2.47. The minimum Gasteiger partial charge on any atom is -0.497 e. The molecule has 1 heterocycles. The fraction of sp³-hybridized carbons (Fsp3) is 0.500. The van der Waals surface area contributed by atoms with Gasteiger partial charge in [0, 0.05) is 22.8 Å². The van der Waals surface area contributed by atoms with Crippen LogP contribution in [0.2, 0.25) is 0 Å². The van der Waals surface area contributed by atoms with E-state index in [2.05, 4.69) is 12.2 Å². The molecule has 0 aromatic heterocycles. The fourth-order valence-corrected chi connectivity index (χ4v) is 3.63. The molecule has 104 valence electrons. The first-order chi connectivity index (χ1) is 9.09. The van der Waals surface area contributed by atoms with Gasteiger partial charge in [0.15, 0.2) is 0 Å². The first-order valence-electron chi connectivity index (χ1n) is 6.22. The van der Waals surface area contributed by atoms with E-state index in [9.17, 15) is 4.79 Å². The van der Waals surface area contributed by atoms with Gasteiger partial charge in [0.2, 0.25) is 0 Å². The second-order valence-electron chi connectivity index (χ2n) is 4.76. The maximum absolute atomic E-state index is 12.1. The van der Waals surface area contributed by atoms with E-state index in [1.807, 2.05) is 24.3 Å². The summed E-state index contributed by atoms with van der Waals surface area (Å²) < 4.78 is 10.2. The van der Waals surface area contributed by atoms with E-state index in [1.54, 1.807) is 18.9 Å². The van der Waals surface area contributed by atoms with Crippen LogP contribution in [0.15, 0.2) is 24.3 Å². The topological polar surface area (TPSA) is 47.6 Å². The van der Waals surface area contributed by atoms with E-state index in [1.165, 1.54) is 7.11 Å². The molecule has 1 aliphatic rings. The number of esters is 1. The van der Waals surface area contributed by atoms with Gasteiger partial charge in [0.05, 0.1) is 14.2 Å². The number of hydrogen-bond donors (Lipinski definition) is 1. The van der Waals surface area contributed by atoms with Crippen LogP contribution < -0.4 is 10.1 Å². The Morgan fingerprint density at radius 2 is 2.26 bits per heavy atom. The van der Waals surface area contributed by atoms with E-state index < -0.39 is 5.54 Å². The molecule has 0 bridgehead atoms. The summed E-state index contributed by atoms with van der Waals surface area (Å²) in [7, 11) is 3.06. The van der Waals surface area contributed by atoms with Crippen LogP contribution in [0.1, 0.15) is 13.3 Å². The number of benzene rings is 1. The standard InChI is InChI=1S/C14H19NO3S/c1-10-8-14(9-19-10,13(16)18-3)15-11-5-4-6-12(7-11)17-2/h4-7,10,15H,8-9H2,1-3H3. The van der Waals surface area contributed by atoms with Crippen molar-refractivity contribution in [2.45, 2.75) is 24.1 Å². The van der Waals surface area contributed by atoms with Gasteiger partial charge in [-0.15, -0.1) is 0 Å². The molecule has 4 nitrogen and oxygen atoms in total. The van der Waals surface area contributed by atoms with E-state index in [0.29, 0.717) is 5.25 Å². The molecule has 19 heavy (non-hydrogen) atoms. The molecule has 1 aliphatic heterocycles. The Morgan fingerprint density at radius 3 is 2.84 bits per heavy atom. The van der Waals surface area contributed by atoms with Crippen LogP contribution in [0.3, 0.4) is 0 Å². The van der Waals surface area contributed by atoms with E-state index >= 15 is 0 Å². The number of carbonyl (C=O) groups is 1. The van der Waals surface area contributed by atoms with Gasteiger partial charge >= 0.3 is 5.97 Å². The molecule has 1 saturated heterocycles. The molecule has 0 radical (unpaired) electrons. The minimum absolute atomic E-state index is 0.202. The zero-order chi connectivity index (χ0) is 13.9. The number of thioether (sulfide) groups is 1. The Labute approximate surface area is 117 Å². The number of ether oxygens (including phenoxy) is 2. The summed E-state index contributed by atoms with van der Waals surface area (Å²) in [4.78, 5) is 12.1. The molecule has 1 aromatic rings. The maximum atomic E-state index is 12.1. The molecule has 0 aliphatic carbocycles. The SMILES string of the molecule is COC(=O)C1(Nc2cccc(OC)c2)CSC(C)C1. The second-order valence-corrected chi connectivity index (χ2v) is 6.18. The third kappa shape index (κ3) is 2.97. The smallest absolute Gasteiger partial charge is 0.332 e. The lowest BCUT2D eigenvalue weighted by atomic mass is 9.95. The normalized spacial score (nSPS) is 25.9. The van der Waals surface area contributed by atoms with Gasteiger partial charge in [-0.2, -0.15) is 11.8 Å². The third-order valence-electron chi connectivity index (χ3n) is 3.28. The van der Waals surface area contributed by atoms with Gasteiger partial charge < -0.3 is 14.8 Å². The average molecular weight is 281 g/mol. The van der Waals surface area contributed by atoms with Crippen LogP contribution in [0.5, 0.6) is 5.75 Å². The molecule has 5 heteroatoms. The maximum Gasteiger partial charge on any atom is 0.332 e. The summed E-state index contributed by atoms with van der Waals surface area (Å²) in [5.41, 5.74) is 0.241. The summed E-state index contributed by atoms with van der Waals surface area (Å²) in [6.07, 6.45) is 0.765. The number of nitrogens with one attached hydrogen (secondary N) is 1. The molecule has 2 rings (SSSR count). The predicted octanol–water partition coefficient (Wildman–Crippen LogP) is 2.54. The summed E-state index contributed by atoms with van der Waals surface area (Å²) in [6, 6.07) is 7.60. The number of methoxy groups -OCH3 is 2. The molecule has 2 unspecified atom stereocenters. The summed E-state index contributed by atoms with van der Waals surface area (Å²) in [6.45, 7) is 2.13. The number of hydrogen-bond acceptors (Lipinski definition) is 5. The van der Waals surface area contributed by atoms with Crippen molar-refractivity contribution in [2.75, 3.05) is 25.3 Å². The summed E-state index contributed by atoms with van der Waals surface area (Å²) >= 11 is 1.78. The summed E-state index contributed by atoms with van der Waals surface area (Å²) in [5, 5.41) is 3.78. The molecule has 1 fully saturated rings. The van der Waals surface area contributed by atoms with Crippen molar-refractivity contribution in [2.24, 2.45) is 0 Å². The zero-order valence-corrected chi connectivity index (χ0v) is 12.3. The van der Waals surface area contributed by atoms with E-state index in [0.717, 1.165) is 23.6 Å². The van der Waals surface area contributed by atoms with Gasteiger partial charge in [-0.05, 0) is 18.6 Å². The first kappa shape index (κ1) is 14.1. The van der Waals surface area contributed by atoms with Crippen molar-refractivity contribution in [3.8, 4) is 5.75 Å². The van der Waals surface area contributed by atoms with Crippen LogP contribution in [-0.4, -0.2) is 36.7 Å². The fourth-order valence-electron chi connectivity index (χ4n) is 2.35. The highest BCUT2D eigenvalue weighted by atomic mass is 32.2. The van der Waals surface area contributed by atoms with E-state index in [-0.39, 0.29) is 5.97 Å². The molecular weight excluding hydrogens is 262 g/mol. The predicted molar refractivity (Wildman–Crippen MR) is 77.9 cm³/mol. The van der Waals surface area contributed by atoms with Gasteiger partial charge in [-0.3, -0.25) is 0 Å². The Morgan fingerprint density at radius 1 is 1.47 bits per heavy atom. The van der Waals surface area contributed by atoms with Crippen LogP contribution in [-0.2, 0) is 9.53 Å². The average Bonchev–Trinajstić information content (AvgIpc) is 2.80. The Hall–Kier alpha value is -1.36. The highest BCUT2D eigenvalue weighted by molar-refractivity contribution is 8.00. The molecule has 0 amide bonds. The zero-order valence-electron chi connectivity index (χ0n) is 11.4. The number of rotatable bonds is 4. The van der Waals surface area contributed by atoms with Crippen molar-refractivity contribution in [3.63, 3.8) is 0 Å². The molecule has 2 atom stereocenters. The number of carbonyl (C=O) groups excluding carboxylic acids is 1. The second kappa shape index (κ2) is 5.74. The minimum atomic E-state index is -0.634. The van der Waals surface area contributed by atoms with Gasteiger partial charge in [0.25, 0.3) is 0 Å². The molecule has 0 spiro atoms. The quantitative estimate of drug-likeness (QED) is 0.859. The van der Waals surface area contributed by atoms with E-state index in [4.69, 9.17) is 9.47 Å². The summed E-state index contributed by atoms with van der Waals surface area (Å²) in [5.74, 6) is 1.29. The molecule has 0 saturated carbocycles. The molecule has 1 aromatic carbocycles. The van der Waals surface area contributed by atoms with Gasteiger partial charge in [-0.25, -0.2) is 4.79 Å². The highest BCUT2D eigenvalue weighted by Gasteiger charge is 2.45. The van der Waals surface area contributed by atoms with Crippen LogP contribution in [0, 0.1) is 0 Å². The van der Waals surface area contributed by atoms with Crippen molar-refractivity contribution < 1.29 is 14.3 Å². The molecular formula is C14H19NO3S. The highest BCUT2D eigenvalue weighted by Crippen LogP contribution is 2.38. The Bertz CT molecular complexity index is 466. The van der Waals surface area contributed by atoms with Crippen molar-refractivity contribution in [3.05, 3.63) is 24.3 Å². The van der Waals surface area contributed by atoms with Crippen molar-refractivity contribution >= 4 is 23.4 Å². The van der Waals surface area contributed by atoms with Gasteiger partial charge in [-0.1, -0.05) is 13.0 Å². The number of anilines is 1.